The summed E-state index contributed by atoms with van der Waals surface area (Å²) in [7, 11) is 1.89. The number of halogens is 1. The summed E-state index contributed by atoms with van der Waals surface area (Å²) in [5.41, 5.74) is 0. The third kappa shape index (κ3) is 2.23. The highest BCUT2D eigenvalue weighted by molar-refractivity contribution is 7.20. The molecule has 1 aromatic carbocycles. The van der Waals surface area contributed by atoms with Gasteiger partial charge in [0, 0.05) is 24.8 Å². The third-order valence-corrected chi connectivity index (χ3v) is 4.37. The molecule has 0 bridgehead atoms. The lowest BCUT2D eigenvalue weighted by Crippen LogP contribution is -2.57. The second kappa shape index (κ2) is 5.26. The van der Waals surface area contributed by atoms with E-state index < -0.39 is 0 Å². The van der Waals surface area contributed by atoms with Gasteiger partial charge in [-0.05, 0) is 17.5 Å². The Kier molecular flexibility index (Phi) is 3.90. The molecule has 0 unspecified atom stereocenters. The zero-order valence-corrected chi connectivity index (χ0v) is 11.7. The Morgan fingerprint density at radius 2 is 2.11 bits per heavy atom. The number of carbonyl (C=O) groups is 1. The van der Waals surface area contributed by atoms with E-state index in [1.165, 1.54) is 4.70 Å². The Morgan fingerprint density at radius 1 is 1.39 bits per heavy atom. The molecule has 3 nitrogen and oxygen atoms in total. The lowest BCUT2D eigenvalue weighted by molar-refractivity contribution is 0.0686. The molecule has 0 radical (unpaired) electrons. The number of hydrogen-bond acceptors (Lipinski definition) is 3. The quantitative estimate of drug-likeness (QED) is 0.917. The minimum atomic E-state index is 0. The maximum absolute atomic E-state index is 12.3. The van der Waals surface area contributed by atoms with Crippen LogP contribution in [0.1, 0.15) is 9.67 Å². The number of hydrogen-bond donors (Lipinski definition) is 1. The summed E-state index contributed by atoms with van der Waals surface area (Å²) in [6.07, 6.45) is 0. The van der Waals surface area contributed by atoms with Crippen molar-refractivity contribution >= 4 is 39.7 Å². The summed E-state index contributed by atoms with van der Waals surface area (Å²) >= 11 is 1.57. The number of likely N-dealkylation sites (N-methyl/N-ethyl adjacent to an activating group) is 1. The van der Waals surface area contributed by atoms with Crippen molar-refractivity contribution in [1.29, 1.82) is 0 Å². The lowest BCUT2D eigenvalue weighted by atomic mass is 10.1. The van der Waals surface area contributed by atoms with Gasteiger partial charge in [-0.3, -0.25) is 4.79 Å². The molecule has 1 amide bonds. The van der Waals surface area contributed by atoms with Crippen LogP contribution < -0.4 is 5.32 Å². The minimum absolute atomic E-state index is 0. The van der Waals surface area contributed by atoms with Crippen LogP contribution in [0.15, 0.2) is 30.3 Å². The van der Waals surface area contributed by atoms with E-state index in [1.54, 1.807) is 11.3 Å². The van der Waals surface area contributed by atoms with E-state index in [2.05, 4.69) is 11.4 Å². The molecule has 96 valence electrons. The summed E-state index contributed by atoms with van der Waals surface area (Å²) in [5, 5.41) is 4.34. The van der Waals surface area contributed by atoms with Crippen molar-refractivity contribution in [2.24, 2.45) is 0 Å². The average molecular weight is 283 g/mol. The molecule has 1 aromatic heterocycles. The predicted molar refractivity (Wildman–Crippen MR) is 77.8 cm³/mol. The van der Waals surface area contributed by atoms with Crippen LogP contribution in [-0.2, 0) is 0 Å². The Hall–Kier alpha value is -1.10. The normalized spacial score (nSPS) is 14.9. The molecule has 1 aliphatic rings. The highest BCUT2D eigenvalue weighted by Crippen LogP contribution is 2.26. The fourth-order valence-electron chi connectivity index (χ4n) is 1.97. The van der Waals surface area contributed by atoms with Gasteiger partial charge in [-0.15, -0.1) is 23.7 Å². The van der Waals surface area contributed by atoms with Gasteiger partial charge >= 0.3 is 0 Å². The van der Waals surface area contributed by atoms with Crippen molar-refractivity contribution in [3.05, 3.63) is 35.2 Å². The van der Waals surface area contributed by atoms with Gasteiger partial charge in [-0.2, -0.15) is 0 Å². The summed E-state index contributed by atoms with van der Waals surface area (Å²) in [5.74, 6) is 0.137. The Labute approximate surface area is 116 Å². The van der Waals surface area contributed by atoms with Crippen molar-refractivity contribution in [2.45, 2.75) is 6.04 Å². The van der Waals surface area contributed by atoms with Crippen molar-refractivity contribution in [3.63, 3.8) is 0 Å². The number of benzene rings is 1. The first-order chi connectivity index (χ1) is 8.25. The van der Waals surface area contributed by atoms with Crippen LogP contribution in [0.25, 0.3) is 10.1 Å². The molecule has 5 heteroatoms. The van der Waals surface area contributed by atoms with Gasteiger partial charge in [-0.25, -0.2) is 0 Å². The van der Waals surface area contributed by atoms with Gasteiger partial charge in [0.2, 0.25) is 0 Å². The maximum Gasteiger partial charge on any atom is 0.264 e. The van der Waals surface area contributed by atoms with Crippen LogP contribution >= 0.6 is 23.7 Å². The van der Waals surface area contributed by atoms with Crippen LogP contribution in [0.2, 0.25) is 0 Å². The molecule has 2 aromatic rings. The number of fused-ring (bicyclic) bond motifs is 1. The topological polar surface area (TPSA) is 32.3 Å². The molecule has 1 N–H and O–H groups in total. The molecular weight excluding hydrogens is 268 g/mol. The van der Waals surface area contributed by atoms with Gasteiger partial charge in [0.05, 0.1) is 10.9 Å². The molecule has 18 heavy (non-hydrogen) atoms. The number of rotatable bonds is 2. The first-order valence-electron chi connectivity index (χ1n) is 5.72. The molecular formula is C13H15ClN2OS. The van der Waals surface area contributed by atoms with Crippen molar-refractivity contribution in [1.82, 2.24) is 10.2 Å². The highest BCUT2D eigenvalue weighted by Gasteiger charge is 2.26. The van der Waals surface area contributed by atoms with Crippen molar-refractivity contribution < 1.29 is 4.79 Å². The molecule has 1 aliphatic heterocycles. The minimum Gasteiger partial charge on any atom is -0.335 e. The molecule has 2 heterocycles. The van der Waals surface area contributed by atoms with Crippen LogP contribution in [0.5, 0.6) is 0 Å². The Morgan fingerprint density at radius 3 is 2.72 bits per heavy atom. The van der Waals surface area contributed by atoms with E-state index in [0.717, 1.165) is 23.4 Å². The zero-order valence-electron chi connectivity index (χ0n) is 10.1. The standard InChI is InChI=1S/C13H14N2OS.ClH/c1-15(10-7-14-8-10)13(16)12-6-9-4-2-3-5-11(9)17-12;/h2-6,10,14H,7-8H2,1H3;1H. The first-order valence-corrected chi connectivity index (χ1v) is 6.54. The lowest BCUT2D eigenvalue weighted by Gasteiger charge is -2.35. The van der Waals surface area contributed by atoms with Gasteiger partial charge in [0.15, 0.2) is 0 Å². The zero-order chi connectivity index (χ0) is 11.8. The monoisotopic (exact) mass is 282 g/mol. The maximum atomic E-state index is 12.3. The third-order valence-electron chi connectivity index (χ3n) is 3.26. The molecule has 0 aliphatic carbocycles. The molecule has 0 atom stereocenters. The van der Waals surface area contributed by atoms with E-state index in [-0.39, 0.29) is 18.3 Å². The summed E-state index contributed by atoms with van der Waals surface area (Å²) < 4.78 is 1.18. The van der Waals surface area contributed by atoms with E-state index in [0.29, 0.717) is 6.04 Å². The van der Waals surface area contributed by atoms with E-state index in [9.17, 15) is 4.79 Å². The number of nitrogens with one attached hydrogen (secondary N) is 1. The van der Waals surface area contributed by atoms with Gasteiger partial charge in [0.1, 0.15) is 0 Å². The van der Waals surface area contributed by atoms with Crippen LogP contribution in [-0.4, -0.2) is 37.0 Å². The molecule has 0 spiro atoms. The van der Waals surface area contributed by atoms with Gasteiger partial charge in [-0.1, -0.05) is 18.2 Å². The van der Waals surface area contributed by atoms with E-state index >= 15 is 0 Å². The number of thiophene rings is 1. The number of nitrogens with zero attached hydrogens (tertiary/aromatic N) is 1. The highest BCUT2D eigenvalue weighted by atomic mass is 35.5. The molecule has 3 rings (SSSR count). The number of carbonyl (C=O) groups excluding carboxylic acids is 1. The Balaban J connectivity index is 0.00000120. The summed E-state index contributed by atoms with van der Waals surface area (Å²) in [4.78, 5) is 14.9. The number of amides is 1. The van der Waals surface area contributed by atoms with Crippen LogP contribution in [0, 0.1) is 0 Å². The molecule has 0 saturated carbocycles. The fourth-order valence-corrected chi connectivity index (χ4v) is 3.02. The van der Waals surface area contributed by atoms with Gasteiger partial charge < -0.3 is 10.2 Å². The Bertz CT molecular complexity index is 532. The smallest absolute Gasteiger partial charge is 0.264 e. The van der Waals surface area contributed by atoms with Crippen molar-refractivity contribution in [3.8, 4) is 0 Å². The summed E-state index contributed by atoms with van der Waals surface area (Å²) in [6.45, 7) is 1.82. The predicted octanol–water partition coefficient (Wildman–Crippen LogP) is 2.37. The first kappa shape index (κ1) is 13.3. The van der Waals surface area contributed by atoms with E-state index in [4.69, 9.17) is 0 Å². The molecule has 1 saturated heterocycles. The van der Waals surface area contributed by atoms with Crippen LogP contribution in [0.4, 0.5) is 0 Å². The fraction of sp³-hybridized carbons (Fsp3) is 0.308. The second-order valence-electron chi connectivity index (χ2n) is 4.38. The van der Waals surface area contributed by atoms with Crippen molar-refractivity contribution in [2.75, 3.05) is 20.1 Å². The van der Waals surface area contributed by atoms with E-state index in [1.807, 2.05) is 36.2 Å². The average Bonchev–Trinajstić information content (AvgIpc) is 2.68. The SMILES string of the molecule is CN(C(=O)c1cc2ccccc2s1)C1CNC1.Cl. The second-order valence-corrected chi connectivity index (χ2v) is 5.46. The summed E-state index contributed by atoms with van der Waals surface area (Å²) in [6, 6.07) is 10.5. The largest absolute Gasteiger partial charge is 0.335 e. The van der Waals surface area contributed by atoms with Crippen LogP contribution in [0.3, 0.4) is 0 Å². The molecule has 1 fully saturated rings. The van der Waals surface area contributed by atoms with Gasteiger partial charge in [0.25, 0.3) is 5.91 Å².